The Morgan fingerprint density at radius 2 is 1.83 bits per heavy atom. The summed E-state index contributed by atoms with van der Waals surface area (Å²) in [5.74, 6) is -0.406. The smallest absolute Gasteiger partial charge is 0.335 e. The number of aryl methyl sites for hydroxylation is 1. The third-order valence-corrected chi connectivity index (χ3v) is 4.24. The quantitative estimate of drug-likeness (QED) is 0.620. The van der Waals surface area contributed by atoms with Crippen molar-refractivity contribution in [3.63, 3.8) is 0 Å². The number of nitrogens with zero attached hydrogens (tertiary/aromatic N) is 1. The maximum atomic E-state index is 13.0. The molecule has 7 nitrogen and oxygen atoms in total. The van der Waals surface area contributed by atoms with Crippen molar-refractivity contribution >= 4 is 29.6 Å². The summed E-state index contributed by atoms with van der Waals surface area (Å²) in [5.41, 5.74) is 1.63. The Morgan fingerprint density at radius 3 is 2.48 bits per heavy atom. The highest BCUT2D eigenvalue weighted by molar-refractivity contribution is 6.39. The molecule has 0 aliphatic carbocycles. The number of carbonyl (C=O) groups excluding carboxylic acids is 3. The Balaban J connectivity index is 2.05. The van der Waals surface area contributed by atoms with Gasteiger partial charge in [0.05, 0.1) is 18.9 Å². The van der Waals surface area contributed by atoms with Crippen molar-refractivity contribution in [3.8, 4) is 11.5 Å². The van der Waals surface area contributed by atoms with E-state index in [2.05, 4.69) is 5.32 Å². The first-order chi connectivity index (χ1) is 13.8. The van der Waals surface area contributed by atoms with Gasteiger partial charge >= 0.3 is 6.03 Å². The molecule has 0 saturated carbocycles. The lowest BCUT2D eigenvalue weighted by molar-refractivity contribution is -0.122. The molecule has 150 valence electrons. The van der Waals surface area contributed by atoms with Crippen LogP contribution in [-0.2, 0) is 9.59 Å². The Labute approximate surface area is 168 Å². The molecule has 0 radical (unpaired) electrons. The highest BCUT2D eigenvalue weighted by atomic mass is 16.5. The molecule has 1 N–H and O–H groups in total. The fraction of sp³-hybridized carbons (Fsp3) is 0.227. The van der Waals surface area contributed by atoms with Crippen molar-refractivity contribution in [3.05, 3.63) is 59.2 Å². The van der Waals surface area contributed by atoms with Crippen LogP contribution >= 0.6 is 0 Å². The van der Waals surface area contributed by atoms with Crippen LogP contribution in [0.3, 0.4) is 0 Å². The average Bonchev–Trinajstić information content (AvgIpc) is 2.65. The van der Waals surface area contributed by atoms with E-state index in [-0.39, 0.29) is 11.7 Å². The molecule has 7 heteroatoms. The van der Waals surface area contributed by atoms with E-state index in [4.69, 9.17) is 9.47 Å². The SMILES string of the molecule is COc1ccc(/C=C2\C(=O)NC(=O)N(c3cccc(C)c3)C2=O)c(OC(C)C)c1. The molecule has 0 aromatic heterocycles. The third kappa shape index (κ3) is 4.29. The van der Waals surface area contributed by atoms with E-state index in [1.807, 2.05) is 26.8 Å². The van der Waals surface area contributed by atoms with E-state index in [1.54, 1.807) is 36.4 Å². The number of carbonyl (C=O) groups is 3. The number of barbiturate groups is 1. The van der Waals surface area contributed by atoms with Gasteiger partial charge in [-0.1, -0.05) is 12.1 Å². The number of hydrogen-bond acceptors (Lipinski definition) is 5. The summed E-state index contributed by atoms with van der Waals surface area (Å²) in [4.78, 5) is 38.7. The minimum Gasteiger partial charge on any atom is -0.497 e. The van der Waals surface area contributed by atoms with Crippen LogP contribution in [0.5, 0.6) is 11.5 Å². The van der Waals surface area contributed by atoms with E-state index in [0.29, 0.717) is 22.7 Å². The van der Waals surface area contributed by atoms with Gasteiger partial charge in [-0.3, -0.25) is 14.9 Å². The molecule has 1 aliphatic rings. The second-order valence-corrected chi connectivity index (χ2v) is 6.87. The summed E-state index contributed by atoms with van der Waals surface area (Å²) in [5, 5.41) is 2.22. The molecule has 4 amide bonds. The van der Waals surface area contributed by atoms with E-state index >= 15 is 0 Å². The molecule has 1 heterocycles. The average molecular weight is 394 g/mol. The summed E-state index contributed by atoms with van der Waals surface area (Å²) in [7, 11) is 1.54. The highest BCUT2D eigenvalue weighted by Gasteiger charge is 2.37. The van der Waals surface area contributed by atoms with E-state index in [1.165, 1.54) is 13.2 Å². The Bertz CT molecular complexity index is 1010. The van der Waals surface area contributed by atoms with Crippen LogP contribution in [-0.4, -0.2) is 31.1 Å². The number of anilines is 1. The van der Waals surface area contributed by atoms with Crippen LogP contribution in [0.25, 0.3) is 6.08 Å². The molecule has 29 heavy (non-hydrogen) atoms. The van der Waals surface area contributed by atoms with Crippen molar-refractivity contribution in [1.82, 2.24) is 5.32 Å². The Kier molecular flexibility index (Phi) is 5.68. The van der Waals surface area contributed by atoms with Crippen LogP contribution in [0.1, 0.15) is 25.0 Å². The molecule has 3 rings (SSSR count). The molecule has 1 aliphatic heterocycles. The number of benzene rings is 2. The number of amides is 4. The van der Waals surface area contributed by atoms with Crippen LogP contribution in [0.2, 0.25) is 0 Å². The van der Waals surface area contributed by atoms with Crippen molar-refractivity contribution in [2.24, 2.45) is 0 Å². The fourth-order valence-corrected chi connectivity index (χ4v) is 2.93. The zero-order chi connectivity index (χ0) is 21.1. The maximum Gasteiger partial charge on any atom is 0.335 e. The van der Waals surface area contributed by atoms with Gasteiger partial charge in [0.15, 0.2) is 0 Å². The number of nitrogens with one attached hydrogen (secondary N) is 1. The van der Waals surface area contributed by atoms with E-state index in [0.717, 1.165) is 10.5 Å². The van der Waals surface area contributed by atoms with Crippen LogP contribution in [0.15, 0.2) is 48.0 Å². The number of hydrogen-bond donors (Lipinski definition) is 1. The molecule has 2 aromatic rings. The lowest BCUT2D eigenvalue weighted by Crippen LogP contribution is -2.54. The second-order valence-electron chi connectivity index (χ2n) is 6.87. The third-order valence-electron chi connectivity index (χ3n) is 4.24. The summed E-state index contributed by atoms with van der Waals surface area (Å²) < 4.78 is 11.0. The largest absolute Gasteiger partial charge is 0.497 e. The van der Waals surface area contributed by atoms with Gasteiger partial charge in [0, 0.05) is 11.6 Å². The number of ether oxygens (including phenoxy) is 2. The van der Waals surface area contributed by atoms with Gasteiger partial charge in [-0.2, -0.15) is 0 Å². The summed E-state index contributed by atoms with van der Waals surface area (Å²) >= 11 is 0. The van der Waals surface area contributed by atoms with Crippen molar-refractivity contribution < 1.29 is 23.9 Å². The lowest BCUT2D eigenvalue weighted by atomic mass is 10.1. The molecule has 1 saturated heterocycles. The predicted octanol–water partition coefficient (Wildman–Crippen LogP) is 3.46. The first kappa shape index (κ1) is 20.1. The Hall–Kier alpha value is -3.61. The number of rotatable bonds is 5. The van der Waals surface area contributed by atoms with E-state index in [9.17, 15) is 14.4 Å². The molecular weight excluding hydrogens is 372 g/mol. The summed E-state index contributed by atoms with van der Waals surface area (Å²) in [6.07, 6.45) is 1.30. The Morgan fingerprint density at radius 1 is 1.07 bits per heavy atom. The summed E-state index contributed by atoms with van der Waals surface area (Å²) in [6, 6.07) is 11.2. The standard InChI is InChI=1S/C22H22N2O5/c1-13(2)29-19-12-17(28-4)9-8-15(19)11-18-20(25)23-22(27)24(21(18)26)16-7-5-6-14(3)10-16/h5-13H,1-4H3,(H,23,25,27)/b18-11+. The maximum absolute atomic E-state index is 13.0. The van der Waals surface area contributed by atoms with Gasteiger partial charge < -0.3 is 9.47 Å². The zero-order valence-electron chi connectivity index (χ0n) is 16.7. The monoisotopic (exact) mass is 394 g/mol. The van der Waals surface area contributed by atoms with Gasteiger partial charge in [0.1, 0.15) is 17.1 Å². The van der Waals surface area contributed by atoms with Crippen molar-refractivity contribution in [2.75, 3.05) is 12.0 Å². The summed E-state index contributed by atoms with van der Waals surface area (Å²) in [6.45, 7) is 5.59. The van der Waals surface area contributed by atoms with Gasteiger partial charge in [-0.15, -0.1) is 0 Å². The van der Waals surface area contributed by atoms with Crippen molar-refractivity contribution in [2.45, 2.75) is 26.9 Å². The molecule has 0 bridgehead atoms. The predicted molar refractivity (Wildman–Crippen MR) is 109 cm³/mol. The van der Waals surface area contributed by atoms with Gasteiger partial charge in [0.25, 0.3) is 11.8 Å². The molecule has 0 spiro atoms. The fourth-order valence-electron chi connectivity index (χ4n) is 2.93. The van der Waals surface area contributed by atoms with E-state index < -0.39 is 17.8 Å². The van der Waals surface area contributed by atoms with Crippen LogP contribution in [0.4, 0.5) is 10.5 Å². The number of methoxy groups -OCH3 is 1. The van der Waals surface area contributed by atoms with Gasteiger partial charge in [0.2, 0.25) is 0 Å². The van der Waals surface area contributed by atoms with Gasteiger partial charge in [-0.25, -0.2) is 9.69 Å². The zero-order valence-corrected chi connectivity index (χ0v) is 16.7. The topological polar surface area (TPSA) is 84.9 Å². The molecule has 1 fully saturated rings. The first-order valence-electron chi connectivity index (χ1n) is 9.13. The first-order valence-corrected chi connectivity index (χ1v) is 9.13. The van der Waals surface area contributed by atoms with Crippen LogP contribution in [0, 0.1) is 6.92 Å². The van der Waals surface area contributed by atoms with Crippen LogP contribution < -0.4 is 19.7 Å². The van der Waals surface area contributed by atoms with Gasteiger partial charge in [-0.05, 0) is 56.7 Å². The molecular formula is C22H22N2O5. The minimum absolute atomic E-state index is 0.125. The minimum atomic E-state index is -0.781. The molecule has 0 atom stereocenters. The normalized spacial score (nSPS) is 15.7. The molecule has 0 unspecified atom stereocenters. The highest BCUT2D eigenvalue weighted by Crippen LogP contribution is 2.29. The molecule has 2 aromatic carbocycles. The lowest BCUT2D eigenvalue weighted by Gasteiger charge is -2.26. The van der Waals surface area contributed by atoms with Crippen molar-refractivity contribution in [1.29, 1.82) is 0 Å². The number of urea groups is 1. The number of imide groups is 2. The second kappa shape index (κ2) is 8.18.